The number of hydrogen-bond acceptors (Lipinski definition) is 3. The molecule has 0 bridgehead atoms. The van der Waals surface area contributed by atoms with Crippen LogP contribution in [0.1, 0.15) is 20.7 Å². The van der Waals surface area contributed by atoms with Crippen LogP contribution >= 0.6 is 0 Å². The third-order valence-corrected chi connectivity index (χ3v) is 3.82. The van der Waals surface area contributed by atoms with Crippen molar-refractivity contribution in [3.05, 3.63) is 90.0 Å². The van der Waals surface area contributed by atoms with Gasteiger partial charge >= 0.3 is 5.97 Å². The van der Waals surface area contributed by atoms with Crippen LogP contribution in [0.3, 0.4) is 0 Å². The van der Waals surface area contributed by atoms with E-state index in [9.17, 15) is 9.59 Å². The number of anilines is 1. The zero-order valence-electron chi connectivity index (χ0n) is 13.7. The van der Waals surface area contributed by atoms with Crippen molar-refractivity contribution in [1.29, 1.82) is 0 Å². The Kier molecular flexibility index (Phi) is 4.90. The van der Waals surface area contributed by atoms with Crippen LogP contribution in [0.4, 0.5) is 5.69 Å². The van der Waals surface area contributed by atoms with E-state index >= 15 is 0 Å². The number of hydrogen-bond donors (Lipinski definition) is 1. The summed E-state index contributed by atoms with van der Waals surface area (Å²) in [5.74, 6) is -0.779. The van der Waals surface area contributed by atoms with Gasteiger partial charge in [-0.15, -0.1) is 0 Å². The number of esters is 1. The normalized spacial score (nSPS) is 10.1. The highest BCUT2D eigenvalue weighted by molar-refractivity contribution is 6.10. The molecule has 0 aliphatic heterocycles. The molecule has 3 aromatic rings. The molecule has 0 aromatic heterocycles. The molecule has 3 aromatic carbocycles. The van der Waals surface area contributed by atoms with E-state index in [0.717, 1.165) is 5.56 Å². The predicted molar refractivity (Wildman–Crippen MR) is 97.6 cm³/mol. The second-order valence-electron chi connectivity index (χ2n) is 5.41. The maximum atomic E-state index is 12.5. The van der Waals surface area contributed by atoms with Crippen molar-refractivity contribution >= 4 is 17.6 Å². The minimum Gasteiger partial charge on any atom is -0.465 e. The molecule has 4 nitrogen and oxygen atoms in total. The van der Waals surface area contributed by atoms with Gasteiger partial charge in [0.2, 0.25) is 0 Å². The number of carbonyl (C=O) groups excluding carboxylic acids is 2. The molecule has 0 fully saturated rings. The lowest BCUT2D eigenvalue weighted by Gasteiger charge is -2.14. The van der Waals surface area contributed by atoms with Crippen LogP contribution in [-0.2, 0) is 4.74 Å². The fraction of sp³-hybridized carbons (Fsp3) is 0.0476. The largest absolute Gasteiger partial charge is 0.465 e. The summed E-state index contributed by atoms with van der Waals surface area (Å²) in [7, 11) is 1.33. The van der Waals surface area contributed by atoms with Gasteiger partial charge in [0.25, 0.3) is 5.91 Å². The number of nitrogens with one attached hydrogen (secondary N) is 1. The summed E-state index contributed by atoms with van der Waals surface area (Å²) in [4.78, 5) is 24.8. The molecular weight excluding hydrogens is 314 g/mol. The number of ether oxygens (including phenoxy) is 1. The van der Waals surface area contributed by atoms with E-state index < -0.39 is 5.97 Å². The van der Waals surface area contributed by atoms with E-state index in [1.807, 2.05) is 42.5 Å². The molecule has 25 heavy (non-hydrogen) atoms. The highest BCUT2D eigenvalue weighted by Crippen LogP contribution is 2.30. The summed E-state index contributed by atoms with van der Waals surface area (Å²) >= 11 is 0. The van der Waals surface area contributed by atoms with E-state index in [2.05, 4.69) is 5.32 Å². The van der Waals surface area contributed by atoms with Crippen molar-refractivity contribution in [2.75, 3.05) is 12.4 Å². The molecule has 0 atom stereocenters. The Bertz CT molecular complexity index is 890. The van der Waals surface area contributed by atoms with Crippen LogP contribution < -0.4 is 5.32 Å². The maximum Gasteiger partial charge on any atom is 0.340 e. The van der Waals surface area contributed by atoms with Crippen molar-refractivity contribution < 1.29 is 14.3 Å². The lowest BCUT2D eigenvalue weighted by molar-refractivity contribution is 0.0603. The Morgan fingerprint density at radius 3 is 2.08 bits per heavy atom. The van der Waals surface area contributed by atoms with Crippen molar-refractivity contribution in [2.24, 2.45) is 0 Å². The highest BCUT2D eigenvalue weighted by atomic mass is 16.5. The van der Waals surface area contributed by atoms with Gasteiger partial charge in [0.1, 0.15) is 0 Å². The van der Waals surface area contributed by atoms with E-state index in [0.29, 0.717) is 22.4 Å². The first-order valence-electron chi connectivity index (χ1n) is 7.84. The zero-order chi connectivity index (χ0) is 17.6. The lowest BCUT2D eigenvalue weighted by atomic mass is 9.98. The molecule has 0 saturated heterocycles. The smallest absolute Gasteiger partial charge is 0.340 e. The zero-order valence-corrected chi connectivity index (χ0v) is 13.7. The Morgan fingerprint density at radius 2 is 1.44 bits per heavy atom. The number of amides is 1. The number of rotatable bonds is 4. The minimum atomic E-state index is -0.497. The van der Waals surface area contributed by atoms with Gasteiger partial charge in [-0.3, -0.25) is 4.79 Å². The molecule has 0 unspecified atom stereocenters. The van der Waals surface area contributed by atoms with Crippen LogP contribution in [-0.4, -0.2) is 19.0 Å². The summed E-state index contributed by atoms with van der Waals surface area (Å²) in [6, 6.07) is 23.7. The average Bonchev–Trinajstić information content (AvgIpc) is 2.68. The van der Waals surface area contributed by atoms with Crippen molar-refractivity contribution in [1.82, 2.24) is 0 Å². The van der Waals surface area contributed by atoms with Crippen LogP contribution in [0.5, 0.6) is 0 Å². The maximum absolute atomic E-state index is 12.5. The predicted octanol–water partition coefficient (Wildman–Crippen LogP) is 4.39. The summed E-state index contributed by atoms with van der Waals surface area (Å²) in [5, 5.41) is 2.81. The first-order chi connectivity index (χ1) is 12.2. The van der Waals surface area contributed by atoms with Crippen LogP contribution in [0.15, 0.2) is 78.9 Å². The summed E-state index contributed by atoms with van der Waals surface area (Å²) in [6.07, 6.45) is 0. The van der Waals surface area contributed by atoms with Crippen molar-refractivity contribution in [2.45, 2.75) is 0 Å². The van der Waals surface area contributed by atoms with E-state index in [1.165, 1.54) is 7.11 Å². The molecule has 0 heterocycles. The third-order valence-electron chi connectivity index (χ3n) is 3.82. The monoisotopic (exact) mass is 331 g/mol. The standard InChI is InChI=1S/C21H17NO3/c1-25-21(24)19-17(15-9-4-2-5-10-15)13-8-14-18(19)22-20(23)16-11-6-3-7-12-16/h2-14H,1H3,(H,22,23). The summed E-state index contributed by atoms with van der Waals surface area (Å²) in [6.45, 7) is 0. The second-order valence-corrected chi connectivity index (χ2v) is 5.41. The summed E-state index contributed by atoms with van der Waals surface area (Å²) in [5.41, 5.74) is 2.85. The molecular formula is C21H17NO3. The Morgan fingerprint density at radius 1 is 0.800 bits per heavy atom. The molecule has 0 aliphatic rings. The summed E-state index contributed by atoms with van der Waals surface area (Å²) < 4.78 is 4.94. The Labute approximate surface area is 146 Å². The molecule has 0 spiro atoms. The molecule has 0 saturated carbocycles. The van der Waals surface area contributed by atoms with Crippen LogP contribution in [0.25, 0.3) is 11.1 Å². The van der Waals surface area contributed by atoms with Gasteiger partial charge in [-0.05, 0) is 29.3 Å². The van der Waals surface area contributed by atoms with Gasteiger partial charge in [-0.25, -0.2) is 4.79 Å². The number of benzene rings is 3. The number of carbonyl (C=O) groups is 2. The highest BCUT2D eigenvalue weighted by Gasteiger charge is 2.19. The van der Waals surface area contributed by atoms with Crippen molar-refractivity contribution in [3.8, 4) is 11.1 Å². The quantitative estimate of drug-likeness (QED) is 0.721. The fourth-order valence-electron chi connectivity index (χ4n) is 2.62. The third kappa shape index (κ3) is 3.58. The lowest BCUT2D eigenvalue weighted by Crippen LogP contribution is -2.16. The molecule has 4 heteroatoms. The van der Waals surface area contributed by atoms with Gasteiger partial charge in [0.15, 0.2) is 0 Å². The topological polar surface area (TPSA) is 55.4 Å². The van der Waals surface area contributed by atoms with Crippen LogP contribution in [0, 0.1) is 0 Å². The fourth-order valence-corrected chi connectivity index (χ4v) is 2.62. The van der Waals surface area contributed by atoms with Gasteiger partial charge in [-0.1, -0.05) is 60.7 Å². The SMILES string of the molecule is COC(=O)c1c(NC(=O)c2ccccc2)cccc1-c1ccccc1. The van der Waals surface area contributed by atoms with Gasteiger partial charge in [-0.2, -0.15) is 0 Å². The molecule has 3 rings (SSSR count). The first kappa shape index (κ1) is 16.5. The minimum absolute atomic E-state index is 0.282. The van der Waals surface area contributed by atoms with Gasteiger partial charge < -0.3 is 10.1 Å². The van der Waals surface area contributed by atoms with E-state index in [4.69, 9.17) is 4.74 Å². The van der Waals surface area contributed by atoms with Gasteiger partial charge in [0.05, 0.1) is 18.4 Å². The first-order valence-corrected chi connectivity index (χ1v) is 7.84. The molecule has 0 radical (unpaired) electrons. The molecule has 0 aliphatic carbocycles. The Balaban J connectivity index is 2.05. The molecule has 1 amide bonds. The average molecular weight is 331 g/mol. The number of methoxy groups -OCH3 is 1. The van der Waals surface area contributed by atoms with Crippen LogP contribution in [0.2, 0.25) is 0 Å². The Hall–Kier alpha value is -3.40. The molecule has 124 valence electrons. The van der Waals surface area contributed by atoms with E-state index in [1.54, 1.807) is 36.4 Å². The van der Waals surface area contributed by atoms with E-state index in [-0.39, 0.29) is 5.91 Å². The van der Waals surface area contributed by atoms with Crippen molar-refractivity contribution in [3.63, 3.8) is 0 Å². The second kappa shape index (κ2) is 7.45. The molecule has 1 N–H and O–H groups in total. The van der Waals surface area contributed by atoms with Gasteiger partial charge in [0, 0.05) is 5.56 Å².